The maximum Gasteiger partial charge on any atom is 0.0887 e. The first kappa shape index (κ1) is 14.2. The summed E-state index contributed by atoms with van der Waals surface area (Å²) < 4.78 is 7.43. The van der Waals surface area contributed by atoms with Crippen molar-refractivity contribution >= 4 is 0 Å². The number of rotatable bonds is 6. The van der Waals surface area contributed by atoms with Gasteiger partial charge in [0.25, 0.3) is 0 Å². The zero-order valence-corrected chi connectivity index (χ0v) is 11.5. The Morgan fingerprint density at radius 3 is 2.59 bits per heavy atom. The molecule has 1 atom stereocenters. The number of aliphatic hydroxyl groups is 1. The lowest BCUT2D eigenvalue weighted by Gasteiger charge is -2.29. The van der Waals surface area contributed by atoms with E-state index in [1.165, 1.54) is 0 Å². The van der Waals surface area contributed by atoms with Gasteiger partial charge in [-0.05, 0) is 40.7 Å². The molecule has 1 rings (SSSR count). The maximum absolute atomic E-state index is 10.1. The van der Waals surface area contributed by atoms with Crippen molar-refractivity contribution in [1.82, 2.24) is 9.78 Å². The molecule has 0 radical (unpaired) electrons. The van der Waals surface area contributed by atoms with Gasteiger partial charge in [-0.15, -0.1) is 0 Å². The third-order valence-corrected chi connectivity index (χ3v) is 2.91. The van der Waals surface area contributed by atoms with Gasteiger partial charge in [-0.25, -0.2) is 0 Å². The highest BCUT2D eigenvalue weighted by Gasteiger charge is 2.28. The molecule has 0 aliphatic rings. The summed E-state index contributed by atoms with van der Waals surface area (Å²) in [5, 5.41) is 14.6. The van der Waals surface area contributed by atoms with E-state index in [2.05, 4.69) is 18.9 Å². The molecule has 0 saturated heterocycles. The number of nitrogens with zero attached hydrogens (tertiary/aromatic N) is 2. The van der Waals surface area contributed by atoms with Gasteiger partial charge in [0.2, 0.25) is 0 Å². The van der Waals surface area contributed by atoms with Crippen LogP contribution < -0.4 is 0 Å². The lowest BCUT2D eigenvalue weighted by molar-refractivity contribution is -0.0958. The van der Waals surface area contributed by atoms with E-state index >= 15 is 0 Å². The Morgan fingerprint density at radius 2 is 2.12 bits per heavy atom. The molecule has 1 aromatic heterocycles. The molecular weight excluding hydrogens is 216 g/mol. The molecule has 0 bridgehead atoms. The highest BCUT2D eigenvalue weighted by atomic mass is 16.5. The summed E-state index contributed by atoms with van der Waals surface area (Å²) in [5.74, 6) is 0. The molecule has 17 heavy (non-hydrogen) atoms. The second-order valence-corrected chi connectivity index (χ2v) is 5.14. The second kappa shape index (κ2) is 5.65. The molecule has 1 aromatic rings. The molecule has 0 aliphatic heterocycles. The molecule has 98 valence electrons. The van der Waals surface area contributed by atoms with Crippen molar-refractivity contribution in [2.75, 3.05) is 6.61 Å². The highest BCUT2D eigenvalue weighted by Crippen LogP contribution is 2.18. The van der Waals surface area contributed by atoms with Gasteiger partial charge in [-0.1, -0.05) is 0 Å². The number of hydrogen-bond donors (Lipinski definition) is 1. The molecule has 0 spiro atoms. The van der Waals surface area contributed by atoms with Crippen molar-refractivity contribution in [2.45, 2.75) is 58.8 Å². The topological polar surface area (TPSA) is 47.3 Å². The van der Waals surface area contributed by atoms with Crippen LogP contribution in [0.4, 0.5) is 0 Å². The average molecular weight is 240 g/mol. The third kappa shape index (κ3) is 3.82. The Bertz CT molecular complexity index is 345. The molecule has 0 fully saturated rings. The van der Waals surface area contributed by atoms with Crippen LogP contribution in [-0.2, 0) is 11.2 Å². The second-order valence-electron chi connectivity index (χ2n) is 5.14. The third-order valence-electron chi connectivity index (χ3n) is 2.91. The minimum atomic E-state index is -0.544. The normalized spacial score (nSPS) is 14.3. The summed E-state index contributed by atoms with van der Waals surface area (Å²) in [5.41, 5.74) is 0.370. The van der Waals surface area contributed by atoms with Crippen LogP contribution in [-0.4, -0.2) is 33.2 Å². The minimum Gasteiger partial charge on any atom is -0.390 e. The lowest BCUT2D eigenvalue weighted by atomic mass is 9.97. The number of aliphatic hydroxyl groups excluding tert-OH is 1. The zero-order valence-electron chi connectivity index (χ0n) is 11.5. The monoisotopic (exact) mass is 240 g/mol. The van der Waals surface area contributed by atoms with Gasteiger partial charge in [0.1, 0.15) is 0 Å². The van der Waals surface area contributed by atoms with Crippen molar-refractivity contribution in [3.05, 3.63) is 18.0 Å². The number of hydrogen-bond acceptors (Lipinski definition) is 3. The van der Waals surface area contributed by atoms with Crippen molar-refractivity contribution in [3.63, 3.8) is 0 Å². The van der Waals surface area contributed by atoms with E-state index in [9.17, 15) is 5.11 Å². The van der Waals surface area contributed by atoms with Gasteiger partial charge in [0.15, 0.2) is 0 Å². The first-order chi connectivity index (χ1) is 7.86. The van der Waals surface area contributed by atoms with Gasteiger partial charge in [0, 0.05) is 25.3 Å². The fraction of sp³-hybridized carbons (Fsp3) is 0.769. The number of aromatic nitrogens is 2. The first-order valence-corrected chi connectivity index (χ1v) is 6.23. The van der Waals surface area contributed by atoms with E-state index in [1.54, 1.807) is 0 Å². The Balaban J connectivity index is 2.64. The lowest BCUT2D eigenvalue weighted by Crippen LogP contribution is -2.40. The standard InChI is InChI=1S/C13H24N2O2/c1-6-17-13(4,5)12(16)9-11-7-8-15(14-11)10(2)3/h7-8,10,12,16H,6,9H2,1-5H3. The van der Waals surface area contributed by atoms with Crippen molar-refractivity contribution in [3.8, 4) is 0 Å². The first-order valence-electron chi connectivity index (χ1n) is 6.23. The summed E-state index contributed by atoms with van der Waals surface area (Å²) in [6, 6.07) is 2.30. The van der Waals surface area contributed by atoms with Gasteiger partial charge in [-0.2, -0.15) is 5.10 Å². The highest BCUT2D eigenvalue weighted by molar-refractivity contribution is 5.03. The Hall–Kier alpha value is -0.870. The summed E-state index contributed by atoms with van der Waals surface area (Å²) in [4.78, 5) is 0. The quantitative estimate of drug-likeness (QED) is 0.829. The summed E-state index contributed by atoms with van der Waals surface area (Å²) in [7, 11) is 0. The molecule has 0 aliphatic carbocycles. The molecule has 4 heteroatoms. The molecule has 4 nitrogen and oxygen atoms in total. The summed E-state index contributed by atoms with van der Waals surface area (Å²) in [6.07, 6.45) is 1.92. The molecule has 0 saturated carbocycles. The zero-order chi connectivity index (χ0) is 13.1. The fourth-order valence-corrected chi connectivity index (χ4v) is 1.69. The Kier molecular flexibility index (Phi) is 4.71. The molecule has 0 aromatic carbocycles. The number of ether oxygens (including phenoxy) is 1. The van der Waals surface area contributed by atoms with E-state index in [4.69, 9.17) is 4.74 Å². The van der Waals surface area contributed by atoms with E-state index in [1.807, 2.05) is 37.7 Å². The van der Waals surface area contributed by atoms with Crippen molar-refractivity contribution < 1.29 is 9.84 Å². The molecule has 1 unspecified atom stereocenters. The van der Waals surface area contributed by atoms with E-state index in [0.29, 0.717) is 19.1 Å². The predicted molar refractivity (Wildman–Crippen MR) is 68.0 cm³/mol. The van der Waals surface area contributed by atoms with Crippen LogP contribution in [0, 0.1) is 0 Å². The van der Waals surface area contributed by atoms with Crippen LogP contribution in [0.2, 0.25) is 0 Å². The van der Waals surface area contributed by atoms with E-state index in [0.717, 1.165) is 5.69 Å². The molecule has 0 amide bonds. The van der Waals surface area contributed by atoms with Gasteiger partial charge < -0.3 is 9.84 Å². The smallest absolute Gasteiger partial charge is 0.0887 e. The van der Waals surface area contributed by atoms with Gasteiger partial charge >= 0.3 is 0 Å². The largest absolute Gasteiger partial charge is 0.390 e. The van der Waals surface area contributed by atoms with Crippen LogP contribution in [0.15, 0.2) is 12.3 Å². The van der Waals surface area contributed by atoms with Crippen molar-refractivity contribution in [2.24, 2.45) is 0 Å². The Morgan fingerprint density at radius 1 is 1.47 bits per heavy atom. The SMILES string of the molecule is CCOC(C)(C)C(O)Cc1ccn(C(C)C)n1. The van der Waals surface area contributed by atoms with Crippen LogP contribution >= 0.6 is 0 Å². The summed E-state index contributed by atoms with van der Waals surface area (Å²) in [6.45, 7) is 10.5. The van der Waals surface area contributed by atoms with Crippen LogP contribution in [0.5, 0.6) is 0 Å². The average Bonchev–Trinajstić information content (AvgIpc) is 2.66. The van der Waals surface area contributed by atoms with Crippen LogP contribution in [0.3, 0.4) is 0 Å². The van der Waals surface area contributed by atoms with Gasteiger partial charge in [-0.3, -0.25) is 4.68 Å². The van der Waals surface area contributed by atoms with E-state index in [-0.39, 0.29) is 0 Å². The maximum atomic E-state index is 10.1. The predicted octanol–water partition coefficient (Wildman–Crippen LogP) is 2.18. The van der Waals surface area contributed by atoms with Crippen LogP contribution in [0.1, 0.15) is 46.4 Å². The fourth-order valence-electron chi connectivity index (χ4n) is 1.69. The molecular formula is C13H24N2O2. The van der Waals surface area contributed by atoms with Crippen molar-refractivity contribution in [1.29, 1.82) is 0 Å². The molecule has 1 heterocycles. The Labute approximate surface area is 104 Å². The van der Waals surface area contributed by atoms with Crippen LogP contribution in [0.25, 0.3) is 0 Å². The minimum absolute atomic E-state index is 0.348. The van der Waals surface area contributed by atoms with Gasteiger partial charge in [0.05, 0.1) is 17.4 Å². The van der Waals surface area contributed by atoms with E-state index < -0.39 is 11.7 Å². The summed E-state index contributed by atoms with van der Waals surface area (Å²) >= 11 is 0. The molecule has 1 N–H and O–H groups in total.